The summed E-state index contributed by atoms with van der Waals surface area (Å²) in [6.07, 6.45) is 0.231. The summed E-state index contributed by atoms with van der Waals surface area (Å²) in [7, 11) is 0. The van der Waals surface area contributed by atoms with Crippen molar-refractivity contribution in [1.29, 1.82) is 0 Å². The fourth-order valence-corrected chi connectivity index (χ4v) is 2.96. The number of halogens is 1. The van der Waals surface area contributed by atoms with E-state index >= 15 is 0 Å². The van der Waals surface area contributed by atoms with Crippen LogP contribution in [0.15, 0.2) is 48.5 Å². The van der Waals surface area contributed by atoms with Gasteiger partial charge in [-0.1, -0.05) is 29.8 Å². The van der Waals surface area contributed by atoms with Crippen molar-refractivity contribution in [3.8, 4) is 11.5 Å². The Hall–Kier alpha value is -2.53. The molecule has 1 heterocycles. The van der Waals surface area contributed by atoms with Gasteiger partial charge in [-0.05, 0) is 37.3 Å². The summed E-state index contributed by atoms with van der Waals surface area (Å²) in [5.41, 5.74) is 0.490. The van der Waals surface area contributed by atoms with Crippen molar-refractivity contribution in [1.82, 2.24) is 4.90 Å². The number of para-hydroxylation sites is 1. The molecule has 6 heteroatoms. The van der Waals surface area contributed by atoms with Crippen molar-refractivity contribution in [2.75, 3.05) is 18.4 Å². The molecule has 0 saturated carbocycles. The third-order valence-electron chi connectivity index (χ3n) is 4.14. The molecular weight excluding hydrogens is 340 g/mol. The first-order valence-electron chi connectivity index (χ1n) is 8.18. The zero-order valence-corrected chi connectivity index (χ0v) is 14.6. The number of amides is 2. The average molecular weight is 359 g/mol. The first-order valence-corrected chi connectivity index (χ1v) is 8.55. The van der Waals surface area contributed by atoms with Crippen molar-refractivity contribution in [2.24, 2.45) is 5.92 Å². The summed E-state index contributed by atoms with van der Waals surface area (Å²) < 4.78 is 5.84. The molecule has 1 saturated heterocycles. The SMILES string of the molecule is CCN1CC(C(=O)Nc2cc(Cl)ccc2Oc2ccccc2)CC1=O. The Morgan fingerprint density at radius 3 is 2.72 bits per heavy atom. The van der Waals surface area contributed by atoms with Crippen molar-refractivity contribution < 1.29 is 14.3 Å². The minimum Gasteiger partial charge on any atom is -0.455 e. The third kappa shape index (κ3) is 4.12. The Morgan fingerprint density at radius 2 is 2.04 bits per heavy atom. The lowest BCUT2D eigenvalue weighted by atomic mass is 10.1. The Balaban J connectivity index is 1.76. The largest absolute Gasteiger partial charge is 0.455 e. The molecule has 0 aliphatic carbocycles. The van der Waals surface area contributed by atoms with Gasteiger partial charge in [-0.2, -0.15) is 0 Å². The van der Waals surface area contributed by atoms with E-state index < -0.39 is 0 Å². The van der Waals surface area contributed by atoms with Crippen LogP contribution in [-0.4, -0.2) is 29.8 Å². The molecule has 1 unspecified atom stereocenters. The standard InChI is InChI=1S/C19H19ClN2O3/c1-2-22-12-13(10-18(22)23)19(24)21-16-11-14(20)8-9-17(16)25-15-6-4-3-5-7-15/h3-9,11,13H,2,10,12H2,1H3,(H,21,24). The lowest BCUT2D eigenvalue weighted by molar-refractivity contribution is -0.128. The number of carbonyl (C=O) groups excluding carboxylic acids is 2. The molecule has 3 rings (SSSR count). The predicted molar refractivity (Wildman–Crippen MR) is 97.0 cm³/mol. The molecule has 1 aliphatic rings. The Morgan fingerprint density at radius 1 is 1.28 bits per heavy atom. The Bertz CT molecular complexity index is 779. The molecule has 2 amide bonds. The quantitative estimate of drug-likeness (QED) is 0.880. The van der Waals surface area contributed by atoms with Crippen LogP contribution in [0.3, 0.4) is 0 Å². The van der Waals surface area contributed by atoms with Gasteiger partial charge in [0.25, 0.3) is 0 Å². The summed E-state index contributed by atoms with van der Waals surface area (Å²) in [6, 6.07) is 14.3. The highest BCUT2D eigenvalue weighted by molar-refractivity contribution is 6.31. The maximum atomic E-state index is 12.5. The molecule has 25 heavy (non-hydrogen) atoms. The second-order valence-electron chi connectivity index (χ2n) is 5.88. The topological polar surface area (TPSA) is 58.6 Å². The molecule has 2 aromatic rings. The number of ether oxygens (including phenoxy) is 1. The van der Waals surface area contributed by atoms with Gasteiger partial charge in [-0.15, -0.1) is 0 Å². The van der Waals surface area contributed by atoms with E-state index in [-0.39, 0.29) is 24.2 Å². The number of anilines is 1. The molecule has 0 radical (unpaired) electrons. The van der Waals surface area contributed by atoms with Gasteiger partial charge in [0.2, 0.25) is 11.8 Å². The molecule has 0 aromatic heterocycles. The predicted octanol–water partition coefficient (Wildman–Crippen LogP) is 3.94. The number of nitrogens with zero attached hydrogens (tertiary/aromatic N) is 1. The van der Waals surface area contributed by atoms with E-state index in [0.717, 1.165) is 0 Å². The van der Waals surface area contributed by atoms with Crippen molar-refractivity contribution in [3.05, 3.63) is 53.6 Å². The molecule has 1 atom stereocenters. The van der Waals surface area contributed by atoms with Crippen molar-refractivity contribution in [2.45, 2.75) is 13.3 Å². The number of carbonyl (C=O) groups is 2. The molecule has 0 bridgehead atoms. The molecule has 1 fully saturated rings. The zero-order valence-electron chi connectivity index (χ0n) is 13.9. The number of hydrogen-bond acceptors (Lipinski definition) is 3. The maximum absolute atomic E-state index is 12.5. The van der Waals surface area contributed by atoms with Gasteiger partial charge in [0, 0.05) is 24.5 Å². The van der Waals surface area contributed by atoms with Crippen LogP contribution in [0, 0.1) is 5.92 Å². The summed E-state index contributed by atoms with van der Waals surface area (Å²) >= 11 is 6.06. The zero-order chi connectivity index (χ0) is 17.8. The van der Waals surface area contributed by atoms with Crippen LogP contribution in [0.5, 0.6) is 11.5 Å². The van der Waals surface area contributed by atoms with Gasteiger partial charge in [-0.3, -0.25) is 9.59 Å². The fourth-order valence-electron chi connectivity index (χ4n) is 2.79. The van der Waals surface area contributed by atoms with E-state index in [0.29, 0.717) is 35.3 Å². The minimum atomic E-state index is -0.365. The highest BCUT2D eigenvalue weighted by atomic mass is 35.5. The highest BCUT2D eigenvalue weighted by Crippen LogP contribution is 2.33. The fraction of sp³-hybridized carbons (Fsp3) is 0.263. The summed E-state index contributed by atoms with van der Waals surface area (Å²) in [5, 5.41) is 3.35. The lowest BCUT2D eigenvalue weighted by Gasteiger charge is -2.16. The van der Waals surface area contributed by atoms with E-state index in [1.807, 2.05) is 37.3 Å². The second-order valence-corrected chi connectivity index (χ2v) is 6.31. The van der Waals surface area contributed by atoms with Crippen molar-refractivity contribution >= 4 is 29.1 Å². The van der Waals surface area contributed by atoms with Crippen LogP contribution in [-0.2, 0) is 9.59 Å². The third-order valence-corrected chi connectivity index (χ3v) is 4.37. The van der Waals surface area contributed by atoms with Gasteiger partial charge in [0.1, 0.15) is 5.75 Å². The van der Waals surface area contributed by atoms with E-state index in [1.165, 1.54) is 0 Å². The van der Waals surface area contributed by atoms with Crippen LogP contribution in [0.2, 0.25) is 5.02 Å². The Kier molecular flexibility index (Phi) is 5.24. The van der Waals surface area contributed by atoms with Crippen LogP contribution in [0.4, 0.5) is 5.69 Å². The van der Waals surface area contributed by atoms with Crippen LogP contribution in [0.1, 0.15) is 13.3 Å². The lowest BCUT2D eigenvalue weighted by Crippen LogP contribution is -2.28. The van der Waals surface area contributed by atoms with Gasteiger partial charge in [0.15, 0.2) is 5.75 Å². The summed E-state index contributed by atoms with van der Waals surface area (Å²) in [4.78, 5) is 26.1. The number of likely N-dealkylation sites (tertiary alicyclic amines) is 1. The summed E-state index contributed by atoms with van der Waals surface area (Å²) in [6.45, 7) is 2.96. The van der Waals surface area contributed by atoms with E-state index in [2.05, 4.69) is 5.32 Å². The smallest absolute Gasteiger partial charge is 0.229 e. The van der Waals surface area contributed by atoms with Gasteiger partial charge in [-0.25, -0.2) is 0 Å². The first-order chi connectivity index (χ1) is 12.1. The van der Waals surface area contributed by atoms with Gasteiger partial charge < -0.3 is 15.0 Å². The molecule has 1 N–H and O–H groups in total. The van der Waals surface area contributed by atoms with Gasteiger partial charge in [0.05, 0.1) is 11.6 Å². The number of hydrogen-bond donors (Lipinski definition) is 1. The number of nitrogens with one attached hydrogen (secondary N) is 1. The van der Waals surface area contributed by atoms with Crippen LogP contribution < -0.4 is 10.1 Å². The van der Waals surface area contributed by atoms with Crippen LogP contribution >= 0.6 is 11.6 Å². The number of rotatable bonds is 5. The maximum Gasteiger partial charge on any atom is 0.229 e. The molecule has 0 spiro atoms. The van der Waals surface area contributed by atoms with E-state index in [1.54, 1.807) is 23.1 Å². The molecule has 2 aromatic carbocycles. The number of benzene rings is 2. The minimum absolute atomic E-state index is 0.00880. The first kappa shape index (κ1) is 17.3. The Labute approximate surface area is 151 Å². The normalized spacial score (nSPS) is 16.8. The van der Waals surface area contributed by atoms with Gasteiger partial charge >= 0.3 is 0 Å². The molecule has 1 aliphatic heterocycles. The van der Waals surface area contributed by atoms with E-state index in [9.17, 15) is 9.59 Å². The molecule has 130 valence electrons. The molecular formula is C19H19ClN2O3. The summed E-state index contributed by atoms with van der Waals surface area (Å²) in [5.74, 6) is 0.601. The molecule has 5 nitrogen and oxygen atoms in total. The van der Waals surface area contributed by atoms with E-state index in [4.69, 9.17) is 16.3 Å². The van der Waals surface area contributed by atoms with Crippen LogP contribution in [0.25, 0.3) is 0 Å². The monoisotopic (exact) mass is 358 g/mol. The highest BCUT2D eigenvalue weighted by Gasteiger charge is 2.33. The second kappa shape index (κ2) is 7.57. The van der Waals surface area contributed by atoms with Crippen molar-refractivity contribution in [3.63, 3.8) is 0 Å². The average Bonchev–Trinajstić information content (AvgIpc) is 2.99.